The third-order valence-corrected chi connectivity index (χ3v) is 3.64. The highest BCUT2D eigenvalue weighted by atomic mass is 32.1. The van der Waals surface area contributed by atoms with Gasteiger partial charge in [-0.2, -0.15) is 13.2 Å². The zero-order valence-electron chi connectivity index (χ0n) is 10.6. The molecule has 0 saturated carbocycles. The van der Waals surface area contributed by atoms with E-state index in [9.17, 15) is 13.2 Å². The fourth-order valence-corrected chi connectivity index (χ4v) is 2.54. The molecule has 0 aromatic carbocycles. The molecule has 0 spiro atoms. The van der Waals surface area contributed by atoms with Crippen molar-refractivity contribution in [2.75, 3.05) is 0 Å². The molecule has 0 radical (unpaired) electrons. The van der Waals surface area contributed by atoms with E-state index in [4.69, 9.17) is 5.84 Å². The molecule has 0 saturated heterocycles. The van der Waals surface area contributed by atoms with Gasteiger partial charge < -0.3 is 0 Å². The second kappa shape index (κ2) is 5.86. The van der Waals surface area contributed by atoms with E-state index >= 15 is 0 Å². The summed E-state index contributed by atoms with van der Waals surface area (Å²) >= 11 is 1.44. The maximum absolute atomic E-state index is 13.0. The zero-order chi connectivity index (χ0) is 14.8. The van der Waals surface area contributed by atoms with E-state index in [1.54, 1.807) is 0 Å². The first-order valence-corrected chi connectivity index (χ1v) is 6.68. The number of hydrogen-bond acceptors (Lipinski definition) is 5. The van der Waals surface area contributed by atoms with Crippen molar-refractivity contribution in [1.82, 2.24) is 15.4 Å². The first-order chi connectivity index (χ1) is 9.41. The number of rotatable bonds is 4. The van der Waals surface area contributed by atoms with Gasteiger partial charge in [0.15, 0.2) is 0 Å². The van der Waals surface area contributed by atoms with E-state index in [0.717, 1.165) is 17.3 Å². The van der Waals surface area contributed by atoms with E-state index in [2.05, 4.69) is 15.4 Å². The van der Waals surface area contributed by atoms with Crippen LogP contribution in [0.2, 0.25) is 0 Å². The summed E-state index contributed by atoms with van der Waals surface area (Å²) in [6, 6.07) is 0.258. The van der Waals surface area contributed by atoms with Crippen molar-refractivity contribution in [3.63, 3.8) is 0 Å². The molecule has 0 amide bonds. The Labute approximate surface area is 117 Å². The van der Waals surface area contributed by atoms with E-state index in [1.807, 2.05) is 12.3 Å². The van der Waals surface area contributed by atoms with Gasteiger partial charge in [0.2, 0.25) is 0 Å². The van der Waals surface area contributed by atoms with Gasteiger partial charge in [-0.05, 0) is 13.0 Å². The van der Waals surface area contributed by atoms with E-state index in [1.165, 1.54) is 17.5 Å². The molecule has 2 rings (SSSR count). The summed E-state index contributed by atoms with van der Waals surface area (Å²) in [6.07, 6.45) is -1.86. The molecule has 1 unspecified atom stereocenters. The molecule has 0 aliphatic rings. The van der Waals surface area contributed by atoms with E-state index in [0.29, 0.717) is 5.69 Å². The van der Waals surface area contributed by atoms with E-state index in [-0.39, 0.29) is 12.0 Å². The Morgan fingerprint density at radius 3 is 2.75 bits per heavy atom. The van der Waals surface area contributed by atoms with Crippen LogP contribution in [0.3, 0.4) is 0 Å². The largest absolute Gasteiger partial charge is 0.416 e. The van der Waals surface area contributed by atoms with Crippen LogP contribution in [0, 0.1) is 6.92 Å². The summed E-state index contributed by atoms with van der Waals surface area (Å²) < 4.78 is 38.9. The number of hydrogen-bond donors (Lipinski definition) is 2. The molecule has 1 atom stereocenters. The SMILES string of the molecule is Cc1nc(CC(NN)c2cnccc2C(F)(F)F)cs1. The summed E-state index contributed by atoms with van der Waals surface area (Å²) in [5.74, 6) is 5.40. The highest BCUT2D eigenvalue weighted by molar-refractivity contribution is 7.09. The smallest absolute Gasteiger partial charge is 0.271 e. The number of aryl methyl sites for hydroxylation is 1. The number of aromatic nitrogens is 2. The Morgan fingerprint density at radius 2 is 2.20 bits per heavy atom. The summed E-state index contributed by atoms with van der Waals surface area (Å²) in [4.78, 5) is 8.00. The molecule has 0 aliphatic carbocycles. The van der Waals surface area contributed by atoms with Gasteiger partial charge in [0.25, 0.3) is 0 Å². The van der Waals surface area contributed by atoms with Crippen LogP contribution in [0.1, 0.15) is 27.9 Å². The van der Waals surface area contributed by atoms with Gasteiger partial charge in [-0.1, -0.05) is 0 Å². The van der Waals surface area contributed by atoms with Crippen LogP contribution in [0.5, 0.6) is 0 Å². The Bertz CT molecular complexity index is 582. The minimum absolute atomic E-state index is 0.0214. The summed E-state index contributed by atoms with van der Waals surface area (Å²) in [5.41, 5.74) is 2.40. The molecule has 8 heteroatoms. The highest BCUT2D eigenvalue weighted by Gasteiger charge is 2.35. The van der Waals surface area contributed by atoms with Crippen molar-refractivity contribution < 1.29 is 13.2 Å². The lowest BCUT2D eigenvalue weighted by atomic mass is 9.99. The maximum Gasteiger partial charge on any atom is 0.416 e. The molecule has 0 aliphatic heterocycles. The minimum atomic E-state index is -4.44. The van der Waals surface area contributed by atoms with Crippen molar-refractivity contribution in [2.45, 2.75) is 25.6 Å². The fraction of sp³-hybridized carbons (Fsp3) is 0.333. The van der Waals surface area contributed by atoms with Crippen LogP contribution in [-0.4, -0.2) is 9.97 Å². The number of nitrogens with zero attached hydrogens (tertiary/aromatic N) is 2. The van der Waals surface area contributed by atoms with Crippen LogP contribution in [0.25, 0.3) is 0 Å². The lowest BCUT2D eigenvalue weighted by Crippen LogP contribution is -2.31. The van der Waals surface area contributed by atoms with Gasteiger partial charge >= 0.3 is 6.18 Å². The van der Waals surface area contributed by atoms with Crippen molar-refractivity contribution in [3.8, 4) is 0 Å². The van der Waals surface area contributed by atoms with Crippen LogP contribution < -0.4 is 11.3 Å². The summed E-state index contributed by atoms with van der Waals surface area (Å²) in [7, 11) is 0. The van der Waals surface area contributed by atoms with Gasteiger partial charge in [0, 0.05) is 29.8 Å². The number of nitrogens with one attached hydrogen (secondary N) is 1. The van der Waals surface area contributed by atoms with Gasteiger partial charge in [-0.15, -0.1) is 11.3 Å². The summed E-state index contributed by atoms with van der Waals surface area (Å²) in [6.45, 7) is 1.84. The molecule has 0 fully saturated rings. The molecule has 3 N–H and O–H groups in total. The number of nitrogens with two attached hydrogens (primary N) is 1. The number of halogens is 3. The average molecular weight is 302 g/mol. The Kier molecular flexibility index (Phi) is 4.36. The van der Waals surface area contributed by atoms with Gasteiger partial charge in [0.05, 0.1) is 22.3 Å². The normalized spacial score (nSPS) is 13.4. The number of alkyl halides is 3. The molecule has 2 heterocycles. The number of thiazole rings is 1. The first kappa shape index (κ1) is 14.9. The van der Waals surface area contributed by atoms with Crippen LogP contribution in [0.4, 0.5) is 13.2 Å². The fourth-order valence-electron chi connectivity index (χ4n) is 1.91. The van der Waals surface area contributed by atoms with Crippen molar-refractivity contribution in [1.29, 1.82) is 0 Å². The molecular weight excluding hydrogens is 289 g/mol. The minimum Gasteiger partial charge on any atom is -0.271 e. The van der Waals surface area contributed by atoms with Gasteiger partial charge in [0.1, 0.15) is 0 Å². The molecule has 108 valence electrons. The van der Waals surface area contributed by atoms with Crippen molar-refractivity contribution >= 4 is 11.3 Å². The first-order valence-electron chi connectivity index (χ1n) is 5.80. The number of pyridine rings is 1. The Hall–Kier alpha value is -1.51. The van der Waals surface area contributed by atoms with Gasteiger partial charge in [-0.3, -0.25) is 16.3 Å². The lowest BCUT2D eigenvalue weighted by molar-refractivity contribution is -0.138. The van der Waals surface area contributed by atoms with Crippen LogP contribution in [0.15, 0.2) is 23.8 Å². The lowest BCUT2D eigenvalue weighted by Gasteiger charge is -2.19. The molecule has 0 bridgehead atoms. The molecule has 2 aromatic heterocycles. The average Bonchev–Trinajstić information content (AvgIpc) is 2.80. The van der Waals surface area contributed by atoms with Gasteiger partial charge in [-0.25, -0.2) is 4.98 Å². The molecule has 2 aromatic rings. The van der Waals surface area contributed by atoms with E-state index < -0.39 is 17.8 Å². The predicted octanol–water partition coefficient (Wildman–Crippen LogP) is 2.61. The molecular formula is C12H13F3N4S. The van der Waals surface area contributed by atoms with Crippen LogP contribution in [-0.2, 0) is 12.6 Å². The third kappa shape index (κ3) is 3.33. The third-order valence-electron chi connectivity index (χ3n) is 2.81. The second-order valence-corrected chi connectivity index (χ2v) is 5.30. The monoisotopic (exact) mass is 302 g/mol. The second-order valence-electron chi connectivity index (χ2n) is 4.24. The molecule has 20 heavy (non-hydrogen) atoms. The Morgan fingerprint density at radius 1 is 1.45 bits per heavy atom. The zero-order valence-corrected chi connectivity index (χ0v) is 11.4. The number of hydrazine groups is 1. The maximum atomic E-state index is 13.0. The quantitative estimate of drug-likeness (QED) is 0.673. The van der Waals surface area contributed by atoms with Crippen molar-refractivity contribution in [2.24, 2.45) is 5.84 Å². The Balaban J connectivity index is 2.32. The van der Waals surface area contributed by atoms with Crippen LogP contribution >= 0.6 is 11.3 Å². The topological polar surface area (TPSA) is 63.8 Å². The summed E-state index contributed by atoms with van der Waals surface area (Å²) in [5, 5.41) is 2.67. The highest BCUT2D eigenvalue weighted by Crippen LogP contribution is 2.34. The molecule has 4 nitrogen and oxygen atoms in total. The van der Waals surface area contributed by atoms with Crippen molar-refractivity contribution in [3.05, 3.63) is 45.7 Å². The predicted molar refractivity (Wildman–Crippen MR) is 69.9 cm³/mol. The standard InChI is InChI=1S/C12H13F3N4S/c1-7-18-8(6-20-7)4-11(19-16)9-5-17-3-2-10(9)12(13,14)15/h2-3,5-6,11,19H,4,16H2,1H3.